The molecule has 4 rings (SSSR count). The Kier molecular flexibility index (Phi) is 5.10. The number of para-hydroxylation sites is 1. The lowest BCUT2D eigenvalue weighted by Gasteiger charge is -2.35. The normalized spacial score (nSPS) is 18.7. The summed E-state index contributed by atoms with van der Waals surface area (Å²) in [5, 5.41) is 0.902. The van der Waals surface area contributed by atoms with Crippen LogP contribution in [0, 0.1) is 12.8 Å². The van der Waals surface area contributed by atoms with Crippen molar-refractivity contribution in [1.82, 2.24) is 14.8 Å². The van der Waals surface area contributed by atoms with Gasteiger partial charge in [0, 0.05) is 43.2 Å². The van der Waals surface area contributed by atoms with Crippen LogP contribution in [-0.2, 0) is 4.79 Å². The minimum Gasteiger partial charge on any atom is -0.342 e. The third-order valence-corrected chi connectivity index (χ3v) is 5.87. The van der Waals surface area contributed by atoms with Crippen molar-refractivity contribution >= 4 is 22.7 Å². The van der Waals surface area contributed by atoms with Crippen LogP contribution in [0.4, 0.5) is 0 Å². The van der Waals surface area contributed by atoms with Crippen LogP contribution in [0.2, 0.25) is 0 Å². The number of amides is 2. The highest BCUT2D eigenvalue weighted by atomic mass is 16.2. The van der Waals surface area contributed by atoms with E-state index in [1.54, 1.807) is 0 Å². The summed E-state index contributed by atoms with van der Waals surface area (Å²) in [5.41, 5.74) is 2.43. The summed E-state index contributed by atoms with van der Waals surface area (Å²) in [7, 11) is 0. The first-order chi connectivity index (χ1) is 13.1. The number of rotatable bonds is 2. The molecule has 2 fully saturated rings. The number of aryl methyl sites for hydroxylation is 1. The van der Waals surface area contributed by atoms with Crippen molar-refractivity contribution in [2.24, 2.45) is 5.92 Å². The molecule has 0 saturated carbocycles. The molecule has 0 atom stereocenters. The van der Waals surface area contributed by atoms with Gasteiger partial charge in [0.15, 0.2) is 0 Å². The molecular formula is C22H27N3O2. The lowest BCUT2D eigenvalue weighted by molar-refractivity contribution is -0.137. The van der Waals surface area contributed by atoms with Crippen molar-refractivity contribution in [2.45, 2.75) is 39.0 Å². The Hall–Kier alpha value is -2.43. The summed E-state index contributed by atoms with van der Waals surface area (Å²) < 4.78 is 0. The van der Waals surface area contributed by atoms with Crippen LogP contribution >= 0.6 is 0 Å². The van der Waals surface area contributed by atoms with E-state index in [0.717, 1.165) is 60.9 Å². The number of piperidine rings is 2. The van der Waals surface area contributed by atoms with Gasteiger partial charge in [0.2, 0.25) is 5.91 Å². The molecule has 3 heterocycles. The largest absolute Gasteiger partial charge is 0.342 e. The first kappa shape index (κ1) is 18.0. The summed E-state index contributed by atoms with van der Waals surface area (Å²) in [6.07, 6.45) is 5.01. The van der Waals surface area contributed by atoms with Gasteiger partial charge in [-0.15, -0.1) is 0 Å². The minimum absolute atomic E-state index is 0.0561. The summed E-state index contributed by atoms with van der Waals surface area (Å²) in [5.74, 6) is 0.427. The van der Waals surface area contributed by atoms with Gasteiger partial charge in [-0.3, -0.25) is 14.6 Å². The van der Waals surface area contributed by atoms with Crippen LogP contribution < -0.4 is 0 Å². The van der Waals surface area contributed by atoms with Crippen LogP contribution in [0.1, 0.15) is 48.2 Å². The molecule has 2 amide bonds. The van der Waals surface area contributed by atoms with Gasteiger partial charge in [0.25, 0.3) is 5.91 Å². The highest BCUT2D eigenvalue weighted by Crippen LogP contribution is 2.25. The second-order valence-corrected chi connectivity index (χ2v) is 7.78. The number of benzene rings is 1. The van der Waals surface area contributed by atoms with Crippen molar-refractivity contribution in [3.05, 3.63) is 41.6 Å². The maximum atomic E-state index is 13.1. The van der Waals surface area contributed by atoms with Gasteiger partial charge in [-0.25, -0.2) is 0 Å². The fourth-order valence-electron chi connectivity index (χ4n) is 4.36. The second kappa shape index (κ2) is 7.67. The Bertz CT molecular complexity index is 850. The molecular weight excluding hydrogens is 338 g/mol. The molecule has 142 valence electrons. The summed E-state index contributed by atoms with van der Waals surface area (Å²) in [4.78, 5) is 34.3. The van der Waals surface area contributed by atoms with Gasteiger partial charge >= 0.3 is 0 Å². The van der Waals surface area contributed by atoms with E-state index in [0.29, 0.717) is 19.0 Å². The molecule has 0 bridgehead atoms. The van der Waals surface area contributed by atoms with Crippen molar-refractivity contribution < 1.29 is 9.59 Å². The number of aromatic nitrogens is 1. The zero-order valence-corrected chi connectivity index (χ0v) is 16.0. The van der Waals surface area contributed by atoms with Crippen molar-refractivity contribution in [2.75, 3.05) is 26.2 Å². The van der Waals surface area contributed by atoms with Gasteiger partial charge in [-0.1, -0.05) is 18.2 Å². The average molecular weight is 365 g/mol. The maximum Gasteiger partial charge on any atom is 0.254 e. The van der Waals surface area contributed by atoms with E-state index >= 15 is 0 Å². The lowest BCUT2D eigenvalue weighted by Crippen LogP contribution is -2.45. The number of fused-ring (bicyclic) bond motifs is 1. The zero-order chi connectivity index (χ0) is 18.8. The SMILES string of the molecule is Cc1cc(C(=O)N2CCC(C(=O)N3CCCCC3)CC2)c2ccccc2n1. The highest BCUT2D eigenvalue weighted by molar-refractivity contribution is 6.06. The third-order valence-electron chi connectivity index (χ3n) is 5.87. The molecule has 0 spiro atoms. The number of hydrogen-bond acceptors (Lipinski definition) is 3. The molecule has 2 aliphatic rings. The van der Waals surface area contributed by atoms with Crippen LogP contribution in [-0.4, -0.2) is 52.8 Å². The van der Waals surface area contributed by atoms with Crippen molar-refractivity contribution in [3.63, 3.8) is 0 Å². The Morgan fingerprint density at radius 1 is 0.963 bits per heavy atom. The predicted octanol–water partition coefficient (Wildman–Crippen LogP) is 3.41. The molecule has 1 aromatic carbocycles. The molecule has 0 aliphatic carbocycles. The lowest BCUT2D eigenvalue weighted by atomic mass is 9.93. The molecule has 1 aromatic heterocycles. The molecule has 2 saturated heterocycles. The standard InChI is InChI=1S/C22H27N3O2/c1-16-15-19(18-7-3-4-8-20(18)23-16)22(27)25-13-9-17(10-14-25)21(26)24-11-5-2-6-12-24/h3-4,7-8,15,17H,2,5-6,9-14H2,1H3. The zero-order valence-electron chi connectivity index (χ0n) is 16.0. The minimum atomic E-state index is 0.0561. The molecule has 2 aromatic rings. The Morgan fingerprint density at radius 3 is 2.41 bits per heavy atom. The number of carbonyl (C=O) groups excluding carboxylic acids is 2. The second-order valence-electron chi connectivity index (χ2n) is 7.78. The van der Waals surface area contributed by atoms with Crippen LogP contribution in [0.15, 0.2) is 30.3 Å². The number of nitrogens with zero attached hydrogens (tertiary/aromatic N) is 3. The van der Waals surface area contributed by atoms with Gasteiger partial charge < -0.3 is 9.80 Å². The molecule has 5 nitrogen and oxygen atoms in total. The summed E-state index contributed by atoms with van der Waals surface area (Å²) >= 11 is 0. The average Bonchev–Trinajstić information content (AvgIpc) is 2.73. The van der Waals surface area contributed by atoms with Gasteiger partial charge in [-0.2, -0.15) is 0 Å². The fraction of sp³-hybridized carbons (Fsp3) is 0.500. The first-order valence-electron chi connectivity index (χ1n) is 10.1. The third kappa shape index (κ3) is 3.68. The molecule has 2 aliphatic heterocycles. The smallest absolute Gasteiger partial charge is 0.254 e. The molecule has 0 N–H and O–H groups in total. The highest BCUT2D eigenvalue weighted by Gasteiger charge is 2.31. The van der Waals surface area contributed by atoms with E-state index in [2.05, 4.69) is 4.98 Å². The fourth-order valence-corrected chi connectivity index (χ4v) is 4.36. The van der Waals surface area contributed by atoms with Crippen molar-refractivity contribution in [3.8, 4) is 0 Å². The first-order valence-corrected chi connectivity index (χ1v) is 10.1. The van der Waals surface area contributed by atoms with Crippen LogP contribution in [0.3, 0.4) is 0 Å². The Morgan fingerprint density at radius 2 is 1.67 bits per heavy atom. The molecule has 0 radical (unpaired) electrons. The van der Waals surface area contributed by atoms with Crippen LogP contribution in [0.25, 0.3) is 10.9 Å². The maximum absolute atomic E-state index is 13.1. The van der Waals surface area contributed by atoms with Gasteiger partial charge in [0.1, 0.15) is 0 Å². The Balaban J connectivity index is 1.45. The number of carbonyl (C=O) groups is 2. The van der Waals surface area contributed by atoms with Gasteiger partial charge in [-0.05, 0) is 51.2 Å². The van der Waals surface area contributed by atoms with E-state index in [9.17, 15) is 9.59 Å². The van der Waals surface area contributed by atoms with E-state index < -0.39 is 0 Å². The number of hydrogen-bond donors (Lipinski definition) is 0. The van der Waals surface area contributed by atoms with E-state index in [-0.39, 0.29) is 11.8 Å². The predicted molar refractivity (Wildman–Crippen MR) is 106 cm³/mol. The number of likely N-dealkylation sites (tertiary alicyclic amines) is 2. The van der Waals surface area contributed by atoms with E-state index in [1.807, 2.05) is 47.1 Å². The van der Waals surface area contributed by atoms with E-state index in [1.165, 1.54) is 6.42 Å². The van der Waals surface area contributed by atoms with Gasteiger partial charge in [0.05, 0.1) is 11.1 Å². The number of pyridine rings is 1. The van der Waals surface area contributed by atoms with E-state index in [4.69, 9.17) is 0 Å². The van der Waals surface area contributed by atoms with Crippen LogP contribution in [0.5, 0.6) is 0 Å². The Labute approximate surface area is 160 Å². The topological polar surface area (TPSA) is 53.5 Å². The molecule has 5 heteroatoms. The quantitative estimate of drug-likeness (QED) is 0.819. The summed E-state index contributed by atoms with van der Waals surface area (Å²) in [6.45, 7) is 5.03. The molecule has 0 unspecified atom stereocenters. The molecule has 27 heavy (non-hydrogen) atoms. The van der Waals surface area contributed by atoms with Crippen molar-refractivity contribution in [1.29, 1.82) is 0 Å². The summed E-state index contributed by atoms with van der Waals surface area (Å²) in [6, 6.07) is 9.68. The monoisotopic (exact) mass is 365 g/mol.